The molecule has 0 saturated carbocycles. The van der Waals surface area contributed by atoms with E-state index >= 15 is 0 Å². The van der Waals surface area contributed by atoms with Crippen LogP contribution in [-0.4, -0.2) is 16.1 Å². The van der Waals surface area contributed by atoms with Crippen molar-refractivity contribution in [3.8, 4) is 11.5 Å². The van der Waals surface area contributed by atoms with Crippen molar-refractivity contribution in [3.63, 3.8) is 0 Å². The smallest absolute Gasteiger partial charge is 0.358 e. The van der Waals surface area contributed by atoms with E-state index in [-0.39, 0.29) is 5.69 Å². The number of aromatic nitrogens is 1. The van der Waals surface area contributed by atoms with Gasteiger partial charge < -0.3 is 9.84 Å². The van der Waals surface area contributed by atoms with Gasteiger partial charge in [0.2, 0.25) is 0 Å². The van der Waals surface area contributed by atoms with E-state index in [1.54, 1.807) is 18.2 Å². The van der Waals surface area contributed by atoms with Crippen molar-refractivity contribution in [2.24, 2.45) is 0 Å². The van der Waals surface area contributed by atoms with Crippen LogP contribution in [0.25, 0.3) is 0 Å². The molecular weight excluding hydrogens is 242 g/mol. The Morgan fingerprint density at radius 2 is 2.00 bits per heavy atom. The van der Waals surface area contributed by atoms with E-state index in [0.29, 0.717) is 11.5 Å². The largest absolute Gasteiger partial charge is 0.476 e. The van der Waals surface area contributed by atoms with Gasteiger partial charge in [0.25, 0.3) is 0 Å². The highest BCUT2D eigenvalue weighted by molar-refractivity contribution is 5.89. The first-order valence-corrected chi connectivity index (χ1v) is 6.16. The Hall–Kier alpha value is -2.36. The summed E-state index contributed by atoms with van der Waals surface area (Å²) in [4.78, 5) is 15.1. The predicted molar refractivity (Wildman–Crippen MR) is 71.7 cm³/mol. The van der Waals surface area contributed by atoms with Crippen LogP contribution in [-0.2, 0) is 6.42 Å². The first-order chi connectivity index (χ1) is 9.22. The summed E-state index contributed by atoms with van der Waals surface area (Å²) in [6.07, 6.45) is 3.17. The summed E-state index contributed by atoms with van der Waals surface area (Å²) in [6, 6.07) is 10.9. The molecule has 0 radical (unpaired) electrons. The van der Waals surface area contributed by atoms with Crippen molar-refractivity contribution in [2.75, 3.05) is 0 Å². The molecular formula is C15H15NO3. The number of benzene rings is 1. The molecule has 1 N–H and O–H groups in total. The van der Waals surface area contributed by atoms with E-state index in [1.165, 1.54) is 6.20 Å². The maximum absolute atomic E-state index is 11.2. The molecule has 4 heteroatoms. The summed E-state index contributed by atoms with van der Waals surface area (Å²) in [5.74, 6) is -0.137. The van der Waals surface area contributed by atoms with Gasteiger partial charge in [-0.15, -0.1) is 0 Å². The maximum Gasteiger partial charge on any atom is 0.358 e. The van der Waals surface area contributed by atoms with Crippen molar-refractivity contribution in [1.82, 2.24) is 4.98 Å². The predicted octanol–water partition coefficient (Wildman–Crippen LogP) is 3.52. The Bertz CT molecular complexity index is 567. The number of rotatable bonds is 5. The molecule has 0 aliphatic heterocycles. The Morgan fingerprint density at radius 3 is 2.63 bits per heavy atom. The number of carbonyl (C=O) groups is 1. The van der Waals surface area contributed by atoms with E-state index in [9.17, 15) is 9.90 Å². The minimum absolute atomic E-state index is 0.0465. The lowest BCUT2D eigenvalue weighted by Crippen LogP contribution is -2.06. The highest BCUT2D eigenvalue weighted by atomic mass is 16.5. The van der Waals surface area contributed by atoms with Gasteiger partial charge in [0.05, 0.1) is 0 Å². The minimum atomic E-state index is -1.08. The normalized spacial score (nSPS) is 10.2. The monoisotopic (exact) mass is 257 g/mol. The molecule has 2 aromatic rings. The molecule has 1 aromatic heterocycles. The summed E-state index contributed by atoms with van der Waals surface area (Å²) in [5, 5.41) is 9.19. The fourth-order valence-electron chi connectivity index (χ4n) is 1.83. The number of nitrogens with zero attached hydrogens (tertiary/aromatic N) is 1. The molecule has 0 spiro atoms. The molecule has 19 heavy (non-hydrogen) atoms. The van der Waals surface area contributed by atoms with E-state index in [4.69, 9.17) is 4.74 Å². The Labute approximate surface area is 111 Å². The van der Waals surface area contributed by atoms with Gasteiger partial charge in [-0.25, -0.2) is 9.78 Å². The van der Waals surface area contributed by atoms with Crippen molar-refractivity contribution < 1.29 is 14.6 Å². The van der Waals surface area contributed by atoms with Gasteiger partial charge in [-0.1, -0.05) is 31.5 Å². The zero-order valence-electron chi connectivity index (χ0n) is 10.7. The molecule has 0 saturated heterocycles. The minimum Gasteiger partial charge on any atom is -0.476 e. The van der Waals surface area contributed by atoms with E-state index in [0.717, 1.165) is 18.4 Å². The molecule has 1 aromatic carbocycles. The molecule has 0 bridgehead atoms. The lowest BCUT2D eigenvalue weighted by molar-refractivity contribution is 0.0687. The van der Waals surface area contributed by atoms with Crippen molar-refractivity contribution in [3.05, 3.63) is 53.9 Å². The zero-order valence-corrected chi connectivity index (χ0v) is 10.7. The maximum atomic E-state index is 11.2. The second-order valence-corrected chi connectivity index (χ2v) is 4.12. The van der Waals surface area contributed by atoms with Crippen LogP contribution in [0.15, 0.2) is 42.6 Å². The highest BCUT2D eigenvalue weighted by Crippen LogP contribution is 2.29. The van der Waals surface area contributed by atoms with Crippen LogP contribution in [0.3, 0.4) is 0 Å². The fourth-order valence-corrected chi connectivity index (χ4v) is 1.83. The number of hydrogen-bond acceptors (Lipinski definition) is 3. The lowest BCUT2D eigenvalue weighted by atomic mass is 10.1. The van der Waals surface area contributed by atoms with Crippen LogP contribution in [0.1, 0.15) is 29.4 Å². The SMILES string of the molecule is CCCc1ccnc(C(=O)O)c1Oc1ccccc1. The molecule has 1 heterocycles. The van der Waals surface area contributed by atoms with E-state index < -0.39 is 5.97 Å². The van der Waals surface area contributed by atoms with Crippen molar-refractivity contribution in [2.45, 2.75) is 19.8 Å². The quantitative estimate of drug-likeness (QED) is 0.890. The molecule has 0 amide bonds. The molecule has 0 fully saturated rings. The Kier molecular flexibility index (Phi) is 4.13. The number of ether oxygens (including phenoxy) is 1. The van der Waals surface area contributed by atoms with Crippen LogP contribution in [0.5, 0.6) is 11.5 Å². The average Bonchev–Trinajstić information content (AvgIpc) is 2.42. The Morgan fingerprint density at radius 1 is 1.26 bits per heavy atom. The summed E-state index contributed by atoms with van der Waals surface area (Å²) >= 11 is 0. The molecule has 98 valence electrons. The number of hydrogen-bond donors (Lipinski definition) is 1. The van der Waals surface area contributed by atoms with Crippen molar-refractivity contribution in [1.29, 1.82) is 0 Å². The molecule has 0 aliphatic carbocycles. The first-order valence-electron chi connectivity index (χ1n) is 6.16. The van der Waals surface area contributed by atoms with Crippen LogP contribution >= 0.6 is 0 Å². The molecule has 2 rings (SSSR count). The summed E-state index contributed by atoms with van der Waals surface area (Å²) in [6.45, 7) is 2.03. The third-order valence-electron chi connectivity index (χ3n) is 2.67. The number of pyridine rings is 1. The highest BCUT2D eigenvalue weighted by Gasteiger charge is 2.17. The van der Waals surface area contributed by atoms with Crippen molar-refractivity contribution >= 4 is 5.97 Å². The molecule has 0 aliphatic rings. The van der Waals surface area contributed by atoms with E-state index in [1.807, 2.05) is 25.1 Å². The lowest BCUT2D eigenvalue weighted by Gasteiger charge is -2.12. The molecule has 0 atom stereocenters. The standard InChI is InChI=1S/C15H15NO3/c1-2-6-11-9-10-16-13(15(17)18)14(11)19-12-7-4-3-5-8-12/h3-5,7-10H,2,6H2,1H3,(H,17,18). The second kappa shape index (κ2) is 6.00. The van der Waals surface area contributed by atoms with Crippen LogP contribution < -0.4 is 4.74 Å². The van der Waals surface area contributed by atoms with Gasteiger partial charge in [0.15, 0.2) is 11.4 Å². The number of aryl methyl sites for hydroxylation is 1. The topological polar surface area (TPSA) is 59.4 Å². The summed E-state index contributed by atoms with van der Waals surface area (Å²) in [7, 11) is 0. The third-order valence-corrected chi connectivity index (χ3v) is 2.67. The van der Waals surface area contributed by atoms with Crippen LogP contribution in [0, 0.1) is 0 Å². The molecule has 4 nitrogen and oxygen atoms in total. The number of aromatic carboxylic acids is 1. The summed E-state index contributed by atoms with van der Waals surface area (Å²) in [5.41, 5.74) is 0.813. The number of carboxylic acids is 1. The Balaban J connectivity index is 2.43. The molecule has 0 unspecified atom stereocenters. The van der Waals surface area contributed by atoms with E-state index in [2.05, 4.69) is 4.98 Å². The summed E-state index contributed by atoms with van der Waals surface area (Å²) < 4.78 is 5.71. The van der Waals surface area contributed by atoms with Gasteiger partial charge in [-0.3, -0.25) is 0 Å². The van der Waals surface area contributed by atoms with Crippen LogP contribution in [0.2, 0.25) is 0 Å². The van der Waals surface area contributed by atoms with Gasteiger partial charge in [0.1, 0.15) is 5.75 Å². The first kappa shape index (κ1) is 13.1. The van der Waals surface area contributed by atoms with Gasteiger partial charge in [-0.2, -0.15) is 0 Å². The second-order valence-electron chi connectivity index (χ2n) is 4.12. The fraction of sp³-hybridized carbons (Fsp3) is 0.200. The van der Waals surface area contributed by atoms with Gasteiger partial charge >= 0.3 is 5.97 Å². The zero-order chi connectivity index (χ0) is 13.7. The van der Waals surface area contributed by atoms with Gasteiger partial charge in [0, 0.05) is 6.20 Å². The van der Waals surface area contributed by atoms with Gasteiger partial charge in [-0.05, 0) is 30.2 Å². The van der Waals surface area contributed by atoms with Crippen LogP contribution in [0.4, 0.5) is 0 Å². The average molecular weight is 257 g/mol. The number of para-hydroxylation sites is 1. The third kappa shape index (κ3) is 3.10. The number of carboxylic acid groups (broad SMARTS) is 1.